The Labute approximate surface area is 122 Å². The highest BCUT2D eigenvalue weighted by Gasteiger charge is 2.10. The van der Waals surface area contributed by atoms with Crippen molar-refractivity contribution in [3.05, 3.63) is 60.7 Å². The molecular weight excluding hydrogens is 248 g/mol. The largest absolute Gasteiger partial charge is 0.458 e. The maximum Gasteiger partial charge on any atom is 0.338 e. The summed E-state index contributed by atoms with van der Waals surface area (Å²) >= 11 is 0. The number of rotatable bonds is 9. The van der Waals surface area contributed by atoms with Crippen LogP contribution in [0.5, 0.6) is 0 Å². The third kappa shape index (κ3) is 5.04. The predicted octanol–water partition coefficient (Wildman–Crippen LogP) is 4.88. The fourth-order valence-corrected chi connectivity index (χ4v) is 2.12. The molecule has 1 rings (SSSR count). The van der Waals surface area contributed by atoms with Gasteiger partial charge in [-0.1, -0.05) is 57.0 Å². The van der Waals surface area contributed by atoms with Gasteiger partial charge in [0.1, 0.15) is 6.61 Å². The number of allylic oxidation sites excluding steroid dienone is 1. The summed E-state index contributed by atoms with van der Waals surface area (Å²) in [4.78, 5) is 11.7. The normalized spacial score (nSPS) is 11.7. The second-order valence-corrected chi connectivity index (χ2v) is 4.85. The van der Waals surface area contributed by atoms with E-state index in [-0.39, 0.29) is 12.6 Å². The molecule has 0 aliphatic carbocycles. The third-order valence-corrected chi connectivity index (χ3v) is 3.31. The average Bonchev–Trinajstić information content (AvgIpc) is 2.49. The van der Waals surface area contributed by atoms with Crippen LogP contribution in [0.25, 0.3) is 0 Å². The van der Waals surface area contributed by atoms with Gasteiger partial charge >= 0.3 is 5.97 Å². The molecule has 0 saturated heterocycles. The number of carbonyl (C=O) groups excluding carboxylic acids is 1. The molecule has 0 saturated carbocycles. The number of hydrogen-bond donors (Lipinski definition) is 0. The Hall–Kier alpha value is -1.83. The van der Waals surface area contributed by atoms with Crippen molar-refractivity contribution in [2.24, 2.45) is 0 Å². The average molecular weight is 272 g/mol. The van der Waals surface area contributed by atoms with Crippen LogP contribution in [0.15, 0.2) is 49.6 Å². The molecule has 0 heterocycles. The summed E-state index contributed by atoms with van der Waals surface area (Å²) in [6.45, 7) is 9.88. The van der Waals surface area contributed by atoms with Crippen LogP contribution in [0.1, 0.15) is 54.4 Å². The van der Waals surface area contributed by atoms with Crippen LogP contribution < -0.4 is 0 Å². The van der Waals surface area contributed by atoms with Gasteiger partial charge in [0.2, 0.25) is 0 Å². The van der Waals surface area contributed by atoms with Gasteiger partial charge in [0, 0.05) is 5.92 Å². The molecule has 0 spiro atoms. The van der Waals surface area contributed by atoms with Crippen molar-refractivity contribution in [1.29, 1.82) is 0 Å². The molecule has 0 bridgehead atoms. The third-order valence-electron chi connectivity index (χ3n) is 3.31. The first-order valence-corrected chi connectivity index (χ1v) is 7.23. The van der Waals surface area contributed by atoms with Gasteiger partial charge in [-0.25, -0.2) is 4.79 Å². The predicted molar refractivity (Wildman–Crippen MR) is 84.0 cm³/mol. The van der Waals surface area contributed by atoms with E-state index in [1.54, 1.807) is 6.08 Å². The molecule has 108 valence electrons. The number of esters is 1. The van der Waals surface area contributed by atoms with E-state index in [0.29, 0.717) is 11.5 Å². The fourth-order valence-electron chi connectivity index (χ4n) is 2.12. The van der Waals surface area contributed by atoms with Crippen LogP contribution in [-0.2, 0) is 4.74 Å². The molecule has 0 aliphatic rings. The molecule has 0 amide bonds. The topological polar surface area (TPSA) is 26.3 Å². The van der Waals surface area contributed by atoms with Crippen LogP contribution in [0.3, 0.4) is 0 Å². The van der Waals surface area contributed by atoms with Crippen molar-refractivity contribution in [3.63, 3.8) is 0 Å². The van der Waals surface area contributed by atoms with E-state index in [1.807, 2.05) is 30.3 Å². The molecule has 1 aromatic carbocycles. The van der Waals surface area contributed by atoms with E-state index in [2.05, 4.69) is 20.1 Å². The summed E-state index contributed by atoms with van der Waals surface area (Å²) < 4.78 is 5.01. The molecule has 2 nitrogen and oxygen atoms in total. The first-order valence-electron chi connectivity index (χ1n) is 7.23. The summed E-state index contributed by atoms with van der Waals surface area (Å²) in [6, 6.07) is 7.61. The minimum atomic E-state index is -0.308. The van der Waals surface area contributed by atoms with Crippen molar-refractivity contribution < 1.29 is 9.53 Å². The molecule has 0 aliphatic heterocycles. The Balaban J connectivity index is 2.65. The lowest BCUT2D eigenvalue weighted by Gasteiger charge is -2.13. The second-order valence-electron chi connectivity index (χ2n) is 4.85. The second kappa shape index (κ2) is 9.13. The smallest absolute Gasteiger partial charge is 0.338 e. The van der Waals surface area contributed by atoms with Crippen LogP contribution in [0, 0.1) is 0 Å². The van der Waals surface area contributed by atoms with Gasteiger partial charge in [0.15, 0.2) is 0 Å². The zero-order chi connectivity index (χ0) is 14.8. The molecule has 1 unspecified atom stereocenters. The van der Waals surface area contributed by atoms with Gasteiger partial charge in [-0.3, -0.25) is 0 Å². The maximum atomic E-state index is 11.7. The van der Waals surface area contributed by atoms with Crippen molar-refractivity contribution in [1.82, 2.24) is 0 Å². The van der Waals surface area contributed by atoms with E-state index >= 15 is 0 Å². The zero-order valence-corrected chi connectivity index (χ0v) is 12.3. The maximum absolute atomic E-state index is 11.7. The summed E-state index contributed by atoms with van der Waals surface area (Å²) in [5.41, 5.74) is 1.78. The molecule has 1 atom stereocenters. The Kier molecular flexibility index (Phi) is 7.41. The first-order chi connectivity index (χ1) is 9.72. The Morgan fingerprint density at radius 3 is 2.50 bits per heavy atom. The number of unbranched alkanes of at least 4 members (excludes halogenated alkanes) is 2. The van der Waals surface area contributed by atoms with Crippen LogP contribution in [-0.4, -0.2) is 12.6 Å². The summed E-state index contributed by atoms with van der Waals surface area (Å²) in [7, 11) is 0. The summed E-state index contributed by atoms with van der Waals surface area (Å²) in [6.07, 6.45) is 8.33. The molecule has 2 heteroatoms. The van der Waals surface area contributed by atoms with Gasteiger partial charge < -0.3 is 4.74 Å². The monoisotopic (exact) mass is 272 g/mol. The van der Waals surface area contributed by atoms with Crippen LogP contribution >= 0.6 is 0 Å². The standard InChI is InChI=1S/C18H24O2/c1-4-7-8-9-15(6-3)16-10-12-17(13-11-16)18(19)20-14-5-2/h5-6,10-13,15H,2-4,7-9,14H2,1H3. The molecule has 0 fully saturated rings. The van der Waals surface area contributed by atoms with E-state index in [4.69, 9.17) is 4.74 Å². The van der Waals surface area contributed by atoms with Crippen LogP contribution in [0.2, 0.25) is 0 Å². The number of carbonyl (C=O) groups is 1. The number of hydrogen-bond acceptors (Lipinski definition) is 2. The van der Waals surface area contributed by atoms with Crippen molar-refractivity contribution in [2.45, 2.75) is 38.5 Å². The van der Waals surface area contributed by atoms with Crippen molar-refractivity contribution >= 4 is 5.97 Å². The van der Waals surface area contributed by atoms with Gasteiger partial charge in [-0.05, 0) is 24.1 Å². The summed E-state index contributed by atoms with van der Waals surface area (Å²) in [5.74, 6) is 0.0531. The first kappa shape index (κ1) is 16.2. The lowest BCUT2D eigenvalue weighted by Crippen LogP contribution is -2.05. The summed E-state index contributed by atoms with van der Waals surface area (Å²) in [5, 5.41) is 0. The Bertz CT molecular complexity index is 431. The van der Waals surface area contributed by atoms with Gasteiger partial charge in [-0.2, -0.15) is 0 Å². The minimum Gasteiger partial charge on any atom is -0.458 e. The minimum absolute atomic E-state index is 0.243. The van der Waals surface area contributed by atoms with Gasteiger partial charge in [0.05, 0.1) is 5.56 Å². The quantitative estimate of drug-likeness (QED) is 0.364. The van der Waals surface area contributed by atoms with E-state index < -0.39 is 0 Å². The number of ether oxygens (including phenoxy) is 1. The highest BCUT2D eigenvalue weighted by atomic mass is 16.5. The van der Waals surface area contributed by atoms with E-state index in [9.17, 15) is 4.79 Å². The molecule has 1 aromatic rings. The lowest BCUT2D eigenvalue weighted by molar-refractivity contribution is 0.0549. The Morgan fingerprint density at radius 1 is 1.25 bits per heavy atom. The molecule has 0 radical (unpaired) electrons. The Morgan fingerprint density at radius 2 is 1.95 bits per heavy atom. The SMILES string of the molecule is C=CCOC(=O)c1ccc(C(C=C)CCCCC)cc1. The fraction of sp³-hybridized carbons (Fsp3) is 0.389. The highest BCUT2D eigenvalue weighted by molar-refractivity contribution is 5.89. The van der Waals surface area contributed by atoms with Crippen molar-refractivity contribution in [2.75, 3.05) is 6.61 Å². The molecular formula is C18H24O2. The number of benzene rings is 1. The van der Waals surface area contributed by atoms with Gasteiger partial charge in [0.25, 0.3) is 0 Å². The van der Waals surface area contributed by atoms with Gasteiger partial charge in [-0.15, -0.1) is 6.58 Å². The van der Waals surface area contributed by atoms with Crippen LogP contribution in [0.4, 0.5) is 0 Å². The van der Waals surface area contributed by atoms with Crippen molar-refractivity contribution in [3.8, 4) is 0 Å². The molecule has 0 aromatic heterocycles. The zero-order valence-electron chi connectivity index (χ0n) is 12.3. The van der Waals surface area contributed by atoms with E-state index in [1.165, 1.54) is 24.8 Å². The lowest BCUT2D eigenvalue weighted by atomic mass is 9.93. The highest BCUT2D eigenvalue weighted by Crippen LogP contribution is 2.24. The molecule has 0 N–H and O–H groups in total. The molecule has 20 heavy (non-hydrogen) atoms. The van der Waals surface area contributed by atoms with E-state index in [0.717, 1.165) is 6.42 Å².